The molecule has 62 heavy (non-hydrogen) atoms. The van der Waals surface area contributed by atoms with Crippen molar-refractivity contribution in [1.82, 2.24) is 25.6 Å². The number of esters is 2. The van der Waals surface area contributed by atoms with Gasteiger partial charge in [-0.1, -0.05) is 101 Å². The van der Waals surface area contributed by atoms with E-state index in [0.29, 0.717) is 24.0 Å². The highest BCUT2D eigenvalue weighted by Gasteiger charge is 2.65. The molecule has 6 N–H and O–H groups in total. The topological polar surface area (TPSA) is 268 Å². The molecule has 2 aromatic carbocycles. The molecule has 0 unspecified atom stereocenters. The van der Waals surface area contributed by atoms with E-state index in [-0.39, 0.29) is 31.8 Å². The lowest BCUT2D eigenvalue weighted by molar-refractivity contribution is -0.169. The van der Waals surface area contributed by atoms with E-state index in [9.17, 15) is 42.0 Å². The van der Waals surface area contributed by atoms with Crippen molar-refractivity contribution in [2.24, 2.45) is 29.4 Å². The number of sulfonamides is 1. The van der Waals surface area contributed by atoms with Crippen LogP contribution >= 0.6 is 0 Å². The number of carbonyl (C=O) groups is 7. The standard InChI is InChI=1S/C42H56N6O13S/c1-7-25(3)34(44-40(54)59-22-27-15-11-9-12-16-27)37(51)47-62(56,57)24-33(49)46-42(39(53)58-6)31-21-48(5)20-30(36(43)50)29(31)19-32(42)61-38(52)35(26(4)8-2)45-41(55)60-23-28-17-13-10-14-18-28/h9-18,20,25-26,29,31-32,34-35H,7-8,19,21-24H2,1-6H3,(H2,43,50)(H,44,54)(H,45,55)(H,46,49)(H,47,51)/t25-,26-,29-,31+,32-,34-,35-,42+/m0/s1. The highest BCUT2D eigenvalue weighted by Crippen LogP contribution is 2.49. The fourth-order valence-electron chi connectivity index (χ4n) is 7.57. The molecule has 1 aliphatic heterocycles. The molecule has 338 valence electrons. The van der Waals surface area contributed by atoms with Crippen LogP contribution < -0.4 is 26.4 Å². The Labute approximate surface area is 360 Å². The van der Waals surface area contributed by atoms with Crippen LogP contribution in [0.1, 0.15) is 58.1 Å². The molecule has 4 rings (SSSR count). The Morgan fingerprint density at radius 3 is 1.85 bits per heavy atom. The first-order chi connectivity index (χ1) is 29.3. The number of fused-ring (bicyclic) bond motifs is 1. The van der Waals surface area contributed by atoms with Crippen LogP contribution in [0.2, 0.25) is 0 Å². The van der Waals surface area contributed by atoms with Gasteiger partial charge in [-0.05, 0) is 29.4 Å². The second-order valence-electron chi connectivity index (χ2n) is 15.5. The Morgan fingerprint density at radius 2 is 1.35 bits per heavy atom. The summed E-state index contributed by atoms with van der Waals surface area (Å²) in [6, 6.07) is 14.8. The number of alkyl carbamates (subject to hydrolysis) is 2. The summed E-state index contributed by atoms with van der Waals surface area (Å²) in [4.78, 5) is 95.5. The van der Waals surface area contributed by atoms with E-state index >= 15 is 0 Å². The molecule has 2 aromatic rings. The smallest absolute Gasteiger partial charge is 0.408 e. The number of carbonyl (C=O) groups excluding carboxylic acids is 7. The molecular weight excluding hydrogens is 829 g/mol. The summed E-state index contributed by atoms with van der Waals surface area (Å²) in [5.74, 6) is -10.0. The number of methoxy groups -OCH3 is 1. The van der Waals surface area contributed by atoms with Gasteiger partial charge in [0.15, 0.2) is 5.54 Å². The first-order valence-corrected chi connectivity index (χ1v) is 21.8. The van der Waals surface area contributed by atoms with Crippen molar-refractivity contribution in [3.63, 3.8) is 0 Å². The number of nitrogens with zero attached hydrogens (tertiary/aromatic N) is 1. The van der Waals surface area contributed by atoms with Crippen LogP contribution in [0.15, 0.2) is 72.4 Å². The van der Waals surface area contributed by atoms with Crippen molar-refractivity contribution in [2.45, 2.75) is 83.9 Å². The second kappa shape index (κ2) is 21.6. The van der Waals surface area contributed by atoms with Gasteiger partial charge in [-0.3, -0.25) is 19.1 Å². The third kappa shape index (κ3) is 12.2. The number of hydrogen-bond donors (Lipinski definition) is 5. The predicted octanol–water partition coefficient (Wildman–Crippen LogP) is 2.01. The lowest BCUT2D eigenvalue weighted by Crippen LogP contribution is -2.67. The molecule has 1 fully saturated rings. The maximum Gasteiger partial charge on any atom is 0.408 e. The molecule has 0 spiro atoms. The normalized spacial score (nSPS) is 21.3. The van der Waals surface area contributed by atoms with E-state index in [1.165, 1.54) is 11.1 Å². The van der Waals surface area contributed by atoms with Crippen LogP contribution in [0.4, 0.5) is 9.59 Å². The fraction of sp³-hybridized carbons (Fsp3) is 0.500. The number of ether oxygens (including phenoxy) is 4. The van der Waals surface area contributed by atoms with Crippen molar-refractivity contribution in [1.29, 1.82) is 0 Å². The average Bonchev–Trinajstić information content (AvgIpc) is 3.53. The van der Waals surface area contributed by atoms with E-state index in [0.717, 1.165) is 7.11 Å². The summed E-state index contributed by atoms with van der Waals surface area (Å²) < 4.78 is 50.6. The van der Waals surface area contributed by atoms with Crippen molar-refractivity contribution in [3.05, 3.63) is 83.6 Å². The molecule has 0 saturated heterocycles. The molecular formula is C42H56N6O13S. The van der Waals surface area contributed by atoms with Gasteiger partial charge in [0.25, 0.3) is 5.91 Å². The van der Waals surface area contributed by atoms with E-state index < -0.39 is 105 Å². The van der Waals surface area contributed by atoms with Gasteiger partial charge in [0.1, 0.15) is 37.2 Å². The Kier molecular flexibility index (Phi) is 16.9. The van der Waals surface area contributed by atoms with Gasteiger partial charge < -0.3 is 45.5 Å². The Morgan fingerprint density at radius 1 is 0.839 bits per heavy atom. The zero-order valence-electron chi connectivity index (χ0n) is 35.6. The Bertz CT molecular complexity index is 2090. The van der Waals surface area contributed by atoms with Crippen LogP contribution in [0.25, 0.3) is 0 Å². The van der Waals surface area contributed by atoms with Gasteiger partial charge in [-0.2, -0.15) is 0 Å². The molecule has 8 atom stereocenters. The van der Waals surface area contributed by atoms with Crippen molar-refractivity contribution >= 4 is 51.9 Å². The molecule has 5 amide bonds. The van der Waals surface area contributed by atoms with Crippen molar-refractivity contribution in [3.8, 4) is 0 Å². The quantitative estimate of drug-likeness (QED) is 0.0999. The molecule has 0 bridgehead atoms. The number of benzene rings is 2. The minimum absolute atomic E-state index is 0.0319. The first-order valence-electron chi connectivity index (χ1n) is 20.2. The average molecular weight is 885 g/mol. The third-order valence-corrected chi connectivity index (χ3v) is 12.4. The summed E-state index contributed by atoms with van der Waals surface area (Å²) in [5, 5.41) is 7.39. The molecule has 20 heteroatoms. The summed E-state index contributed by atoms with van der Waals surface area (Å²) >= 11 is 0. The maximum absolute atomic E-state index is 14.1. The molecule has 0 radical (unpaired) electrons. The number of primary amides is 1. The van der Waals surface area contributed by atoms with Crippen molar-refractivity contribution in [2.75, 3.05) is 26.5 Å². The Hall–Kier alpha value is -6.18. The minimum Gasteiger partial charge on any atom is -0.467 e. The summed E-state index contributed by atoms with van der Waals surface area (Å²) in [7, 11) is -2.27. The number of rotatable bonds is 19. The monoisotopic (exact) mass is 884 g/mol. The van der Waals surface area contributed by atoms with Crippen molar-refractivity contribution < 1.29 is 60.9 Å². The van der Waals surface area contributed by atoms with Gasteiger partial charge in [-0.15, -0.1) is 0 Å². The zero-order valence-corrected chi connectivity index (χ0v) is 36.4. The molecule has 2 aliphatic rings. The summed E-state index contributed by atoms with van der Waals surface area (Å²) in [6.45, 7) is 6.50. The zero-order chi connectivity index (χ0) is 45.8. The predicted molar refractivity (Wildman–Crippen MR) is 222 cm³/mol. The van der Waals surface area contributed by atoms with Gasteiger partial charge in [0, 0.05) is 37.2 Å². The van der Waals surface area contributed by atoms with Crippen LogP contribution in [0.5, 0.6) is 0 Å². The summed E-state index contributed by atoms with van der Waals surface area (Å²) in [6.07, 6.45) is -1.62. The maximum atomic E-state index is 14.1. The second-order valence-corrected chi connectivity index (χ2v) is 17.3. The molecule has 0 aromatic heterocycles. The van der Waals surface area contributed by atoms with E-state index in [1.807, 2.05) is 4.72 Å². The SMILES string of the molecule is CC[C@H](C)[C@H](NC(=O)OCc1ccccc1)C(=O)NS(=O)(=O)CC(=O)N[C@@]1(C(=O)OC)[C@@H](OC(=O)[C@@H](NC(=O)OCc2ccccc2)[C@@H](C)CC)C[C@H]2C(C(N)=O)=CN(C)C[C@H]21. The Balaban J connectivity index is 1.59. The van der Waals surface area contributed by atoms with Gasteiger partial charge in [0.2, 0.25) is 21.8 Å². The number of nitrogens with two attached hydrogens (primary N) is 1. The lowest BCUT2D eigenvalue weighted by atomic mass is 9.77. The molecule has 1 aliphatic carbocycles. The summed E-state index contributed by atoms with van der Waals surface area (Å²) in [5.41, 5.74) is 4.83. The van der Waals surface area contributed by atoms with E-state index in [4.69, 9.17) is 24.7 Å². The van der Waals surface area contributed by atoms with E-state index in [2.05, 4.69) is 16.0 Å². The minimum atomic E-state index is -4.85. The molecule has 19 nitrogen and oxygen atoms in total. The van der Waals surface area contributed by atoms with Crippen LogP contribution in [-0.2, 0) is 66.2 Å². The largest absolute Gasteiger partial charge is 0.467 e. The number of amides is 5. The molecule has 1 saturated carbocycles. The highest BCUT2D eigenvalue weighted by molar-refractivity contribution is 7.90. The van der Waals surface area contributed by atoms with Crippen LogP contribution in [0.3, 0.4) is 0 Å². The number of hydrogen-bond acceptors (Lipinski definition) is 14. The van der Waals surface area contributed by atoms with Crippen LogP contribution in [-0.4, -0.2) is 105 Å². The van der Waals surface area contributed by atoms with Gasteiger partial charge >= 0.3 is 24.1 Å². The third-order valence-electron chi connectivity index (χ3n) is 11.2. The fourth-order valence-corrected chi connectivity index (χ4v) is 8.49. The van der Waals surface area contributed by atoms with Gasteiger partial charge in [0.05, 0.1) is 7.11 Å². The molecule has 1 heterocycles. The highest BCUT2D eigenvalue weighted by atomic mass is 32.2. The van der Waals surface area contributed by atoms with Crippen LogP contribution in [0, 0.1) is 23.7 Å². The number of nitrogens with one attached hydrogen (secondary N) is 4. The first kappa shape index (κ1) is 48.5. The van der Waals surface area contributed by atoms with E-state index in [1.54, 1.807) is 95.4 Å². The lowest BCUT2D eigenvalue weighted by Gasteiger charge is -2.42. The van der Waals surface area contributed by atoms with Gasteiger partial charge in [-0.25, -0.2) is 27.6 Å².